The highest BCUT2D eigenvalue weighted by molar-refractivity contribution is 6.33. The fourth-order valence-corrected chi connectivity index (χ4v) is 2.18. The van der Waals surface area contributed by atoms with Crippen LogP contribution in [0.4, 0.5) is 5.69 Å². The van der Waals surface area contributed by atoms with Crippen molar-refractivity contribution >= 4 is 29.2 Å². The van der Waals surface area contributed by atoms with E-state index in [0.29, 0.717) is 5.69 Å². The van der Waals surface area contributed by atoms with Crippen molar-refractivity contribution in [1.29, 1.82) is 0 Å². The number of carbonyl (C=O) groups is 2. The molecule has 18 heavy (non-hydrogen) atoms. The number of hydrogen-bond donors (Lipinski definition) is 2. The van der Waals surface area contributed by atoms with E-state index in [9.17, 15) is 9.59 Å². The minimum atomic E-state index is -1.08. The number of benzene rings is 1. The lowest BCUT2D eigenvalue weighted by Crippen LogP contribution is -2.23. The SMILES string of the molecule is CCC1(C(=O)Nc2ccc(C(=O)O)c(Cl)c2)CC1. The Bertz CT molecular complexity index is 509. The first-order valence-electron chi connectivity index (χ1n) is 5.83. The molecule has 0 radical (unpaired) electrons. The van der Waals surface area contributed by atoms with Gasteiger partial charge in [0.1, 0.15) is 0 Å². The zero-order valence-corrected chi connectivity index (χ0v) is 10.8. The first-order valence-corrected chi connectivity index (χ1v) is 6.20. The molecule has 0 heterocycles. The maximum Gasteiger partial charge on any atom is 0.337 e. The van der Waals surface area contributed by atoms with Gasteiger partial charge in [-0.25, -0.2) is 4.79 Å². The Labute approximate surface area is 110 Å². The molecule has 4 nitrogen and oxygen atoms in total. The van der Waals surface area contributed by atoms with Crippen LogP contribution in [0, 0.1) is 5.41 Å². The lowest BCUT2D eigenvalue weighted by Gasteiger charge is -2.13. The molecule has 1 aromatic rings. The summed E-state index contributed by atoms with van der Waals surface area (Å²) in [6.45, 7) is 1.99. The van der Waals surface area contributed by atoms with E-state index in [-0.39, 0.29) is 21.9 Å². The summed E-state index contributed by atoms with van der Waals surface area (Å²) in [7, 11) is 0. The number of anilines is 1. The lowest BCUT2D eigenvalue weighted by atomic mass is 10.0. The number of carbonyl (C=O) groups excluding carboxylic acids is 1. The summed E-state index contributed by atoms with van der Waals surface area (Å²) >= 11 is 5.84. The van der Waals surface area contributed by atoms with Crippen molar-refractivity contribution in [2.45, 2.75) is 26.2 Å². The van der Waals surface area contributed by atoms with Crippen molar-refractivity contribution in [2.24, 2.45) is 5.41 Å². The van der Waals surface area contributed by atoms with E-state index in [0.717, 1.165) is 19.3 Å². The van der Waals surface area contributed by atoms with E-state index in [1.807, 2.05) is 6.92 Å². The zero-order chi connectivity index (χ0) is 13.3. The highest BCUT2D eigenvalue weighted by Crippen LogP contribution is 2.49. The fourth-order valence-electron chi connectivity index (χ4n) is 1.92. The Morgan fingerprint density at radius 3 is 2.56 bits per heavy atom. The maximum absolute atomic E-state index is 12.0. The number of amides is 1. The van der Waals surface area contributed by atoms with E-state index in [1.165, 1.54) is 12.1 Å². The van der Waals surface area contributed by atoms with Gasteiger partial charge in [0.05, 0.1) is 10.6 Å². The predicted octanol–water partition coefficient (Wildman–Crippen LogP) is 3.17. The highest BCUT2D eigenvalue weighted by atomic mass is 35.5. The first kappa shape index (κ1) is 12.9. The summed E-state index contributed by atoms with van der Waals surface area (Å²) in [6.07, 6.45) is 2.65. The molecule has 0 unspecified atom stereocenters. The molecule has 2 N–H and O–H groups in total. The maximum atomic E-state index is 12.0. The van der Waals surface area contributed by atoms with Crippen molar-refractivity contribution in [2.75, 3.05) is 5.32 Å². The Kier molecular flexibility index (Phi) is 3.30. The number of hydrogen-bond acceptors (Lipinski definition) is 2. The molecule has 0 bridgehead atoms. The van der Waals surface area contributed by atoms with Crippen molar-refractivity contribution in [3.8, 4) is 0 Å². The molecule has 1 aromatic carbocycles. The van der Waals surface area contributed by atoms with Crippen LogP contribution in [0.15, 0.2) is 18.2 Å². The minimum absolute atomic E-state index is 0.0101. The number of carboxylic acids is 1. The van der Waals surface area contributed by atoms with Crippen LogP contribution < -0.4 is 5.32 Å². The standard InChI is InChI=1S/C13H14ClNO3/c1-2-13(5-6-13)12(18)15-8-3-4-9(11(16)17)10(14)7-8/h3-4,7H,2,5-6H2,1H3,(H,15,18)(H,16,17). The van der Waals surface area contributed by atoms with E-state index in [2.05, 4.69) is 5.32 Å². The largest absolute Gasteiger partial charge is 0.478 e. The van der Waals surface area contributed by atoms with Gasteiger partial charge in [0.15, 0.2) is 0 Å². The number of halogens is 1. The third kappa shape index (κ3) is 2.34. The molecule has 0 spiro atoms. The molecule has 0 saturated heterocycles. The monoisotopic (exact) mass is 267 g/mol. The number of nitrogens with one attached hydrogen (secondary N) is 1. The van der Waals surface area contributed by atoms with Gasteiger partial charge in [-0.2, -0.15) is 0 Å². The quantitative estimate of drug-likeness (QED) is 0.880. The van der Waals surface area contributed by atoms with Gasteiger partial charge in [0.2, 0.25) is 5.91 Å². The first-order chi connectivity index (χ1) is 8.48. The second-order valence-corrected chi connectivity index (χ2v) is 4.99. The molecule has 0 aromatic heterocycles. The highest BCUT2D eigenvalue weighted by Gasteiger charge is 2.47. The van der Waals surface area contributed by atoms with Crippen LogP contribution in [0.3, 0.4) is 0 Å². The van der Waals surface area contributed by atoms with Crippen molar-refractivity contribution in [3.05, 3.63) is 28.8 Å². The van der Waals surface area contributed by atoms with Gasteiger partial charge in [0.25, 0.3) is 0 Å². The molecule has 0 atom stereocenters. The molecule has 1 amide bonds. The molecule has 1 aliphatic rings. The van der Waals surface area contributed by atoms with Gasteiger partial charge >= 0.3 is 5.97 Å². The van der Waals surface area contributed by atoms with Gasteiger partial charge in [-0.1, -0.05) is 18.5 Å². The summed E-state index contributed by atoms with van der Waals surface area (Å²) in [5, 5.41) is 11.8. The molecule has 1 aliphatic carbocycles. The van der Waals surface area contributed by atoms with Crippen molar-refractivity contribution < 1.29 is 14.7 Å². The number of aromatic carboxylic acids is 1. The second-order valence-electron chi connectivity index (χ2n) is 4.59. The summed E-state index contributed by atoms with van der Waals surface area (Å²) in [5.41, 5.74) is 0.346. The van der Waals surface area contributed by atoms with Crippen LogP contribution in [0.2, 0.25) is 5.02 Å². The van der Waals surface area contributed by atoms with Crippen LogP contribution in [-0.2, 0) is 4.79 Å². The Morgan fingerprint density at radius 1 is 1.44 bits per heavy atom. The molecule has 5 heteroatoms. The normalized spacial score (nSPS) is 16.1. The van der Waals surface area contributed by atoms with E-state index >= 15 is 0 Å². The van der Waals surface area contributed by atoms with Gasteiger partial charge in [-0.15, -0.1) is 0 Å². The third-order valence-corrected chi connectivity index (χ3v) is 3.78. The zero-order valence-electron chi connectivity index (χ0n) is 10.00. The minimum Gasteiger partial charge on any atom is -0.478 e. The average Bonchev–Trinajstić information content (AvgIpc) is 3.09. The van der Waals surface area contributed by atoms with Crippen LogP contribution in [0.25, 0.3) is 0 Å². The summed E-state index contributed by atoms with van der Waals surface area (Å²) in [4.78, 5) is 22.8. The summed E-state index contributed by atoms with van der Waals surface area (Å²) in [6, 6.07) is 4.42. The fraction of sp³-hybridized carbons (Fsp3) is 0.385. The topological polar surface area (TPSA) is 66.4 Å². The van der Waals surface area contributed by atoms with Gasteiger partial charge in [-0.05, 0) is 37.5 Å². The Balaban J connectivity index is 2.13. The molecule has 1 fully saturated rings. The van der Waals surface area contributed by atoms with Crippen LogP contribution in [0.5, 0.6) is 0 Å². The Morgan fingerprint density at radius 2 is 2.11 bits per heavy atom. The van der Waals surface area contributed by atoms with E-state index in [1.54, 1.807) is 6.07 Å². The predicted molar refractivity (Wildman–Crippen MR) is 69.0 cm³/mol. The van der Waals surface area contributed by atoms with Crippen molar-refractivity contribution in [3.63, 3.8) is 0 Å². The third-order valence-electron chi connectivity index (χ3n) is 3.47. The van der Waals surface area contributed by atoms with E-state index < -0.39 is 5.97 Å². The van der Waals surface area contributed by atoms with Gasteiger partial charge in [-0.3, -0.25) is 4.79 Å². The van der Waals surface area contributed by atoms with Gasteiger partial charge in [0, 0.05) is 11.1 Å². The average molecular weight is 268 g/mol. The van der Waals surface area contributed by atoms with E-state index in [4.69, 9.17) is 16.7 Å². The lowest BCUT2D eigenvalue weighted by molar-refractivity contribution is -0.121. The molecular formula is C13H14ClNO3. The number of rotatable bonds is 4. The summed E-state index contributed by atoms with van der Waals surface area (Å²) in [5.74, 6) is -1.09. The Hall–Kier alpha value is -1.55. The molecule has 0 aliphatic heterocycles. The van der Waals surface area contributed by atoms with Gasteiger partial charge < -0.3 is 10.4 Å². The molecule has 1 saturated carbocycles. The summed E-state index contributed by atoms with van der Waals surface area (Å²) < 4.78 is 0. The molecular weight excluding hydrogens is 254 g/mol. The smallest absolute Gasteiger partial charge is 0.337 e. The van der Waals surface area contributed by atoms with Crippen LogP contribution in [0.1, 0.15) is 36.5 Å². The van der Waals surface area contributed by atoms with Crippen LogP contribution >= 0.6 is 11.6 Å². The molecule has 96 valence electrons. The van der Waals surface area contributed by atoms with Crippen molar-refractivity contribution in [1.82, 2.24) is 0 Å². The van der Waals surface area contributed by atoms with Crippen LogP contribution in [-0.4, -0.2) is 17.0 Å². The molecule has 2 rings (SSSR count). The number of carboxylic acid groups (broad SMARTS) is 1. The second kappa shape index (κ2) is 4.61.